The van der Waals surface area contributed by atoms with Gasteiger partial charge in [-0.1, -0.05) is 50.4 Å². The molecule has 2 aromatic rings. The molecule has 5 heteroatoms. The Balaban J connectivity index is 0.00000289. The van der Waals surface area contributed by atoms with Gasteiger partial charge in [-0.3, -0.25) is 0 Å². The Hall–Kier alpha value is -1.39. The molecule has 1 aromatic carbocycles. The largest absolute Gasteiger partial charge is 0.334 e. The minimum atomic E-state index is 0. The molecule has 2 aliphatic rings. The van der Waals surface area contributed by atoms with Gasteiger partial charge in [-0.05, 0) is 94.0 Å². The Morgan fingerprint density at radius 2 is 1.66 bits per heavy atom. The van der Waals surface area contributed by atoms with Gasteiger partial charge in [-0.15, -0.1) is 12.4 Å². The van der Waals surface area contributed by atoms with Crippen LogP contribution in [0.5, 0.6) is 0 Å². The van der Waals surface area contributed by atoms with E-state index in [1.54, 1.807) is 0 Å². The molecular weight excluding hydrogens is 418 g/mol. The van der Waals surface area contributed by atoms with E-state index in [-0.39, 0.29) is 12.4 Å². The van der Waals surface area contributed by atoms with E-state index in [4.69, 9.17) is 4.52 Å². The summed E-state index contributed by atoms with van der Waals surface area (Å²) in [5.74, 6) is 3.14. The highest BCUT2D eigenvalue weighted by atomic mass is 35.5. The topological polar surface area (TPSA) is 42.2 Å². The molecular formula is C27H42ClN3O. The first-order valence-electron chi connectivity index (χ1n) is 12.9. The standard InChI is InChI=1S/C27H41N3O.ClH/c1-3-25(4-2)30-19-17-21(18-20-30)9-8-12-26-28-27(31-29-26)24-15-13-23(14-16-24)22-10-6-5-7-11-22;/h13-16,21-22,25H,3-12,17-20H2,1-2H3;1H. The van der Waals surface area contributed by atoms with Crippen LogP contribution in [0.4, 0.5) is 0 Å². The second-order valence-corrected chi connectivity index (χ2v) is 9.81. The number of hydrogen-bond acceptors (Lipinski definition) is 4. The molecule has 2 heterocycles. The van der Waals surface area contributed by atoms with Crippen LogP contribution in [0.15, 0.2) is 28.8 Å². The minimum absolute atomic E-state index is 0. The molecule has 0 bridgehead atoms. The third-order valence-electron chi connectivity index (χ3n) is 7.82. The van der Waals surface area contributed by atoms with Crippen LogP contribution < -0.4 is 0 Å². The minimum Gasteiger partial charge on any atom is -0.334 e. The molecule has 0 amide bonds. The van der Waals surface area contributed by atoms with Gasteiger partial charge < -0.3 is 9.42 Å². The maximum Gasteiger partial charge on any atom is 0.257 e. The number of hydrogen-bond donors (Lipinski definition) is 0. The van der Waals surface area contributed by atoms with Gasteiger partial charge in [-0.25, -0.2) is 0 Å². The SMILES string of the molecule is CCC(CC)N1CCC(CCCc2noc(-c3ccc(C4CCCCC4)cc3)n2)CC1.Cl. The Labute approximate surface area is 201 Å². The van der Waals surface area contributed by atoms with E-state index in [2.05, 4.69) is 53.2 Å². The fourth-order valence-electron chi connectivity index (χ4n) is 5.77. The molecule has 0 radical (unpaired) electrons. The highest BCUT2D eigenvalue weighted by Crippen LogP contribution is 2.33. The second kappa shape index (κ2) is 12.7. The van der Waals surface area contributed by atoms with Gasteiger partial charge in [0.05, 0.1) is 0 Å². The van der Waals surface area contributed by atoms with E-state index in [0.29, 0.717) is 5.89 Å². The predicted octanol–water partition coefficient (Wildman–Crippen LogP) is 7.43. The van der Waals surface area contributed by atoms with E-state index < -0.39 is 0 Å². The third kappa shape index (κ3) is 6.57. The Kier molecular flexibility index (Phi) is 10.1. The lowest BCUT2D eigenvalue weighted by atomic mass is 9.84. The number of halogens is 1. The molecule has 4 rings (SSSR count). The maximum absolute atomic E-state index is 5.58. The van der Waals surface area contributed by atoms with Crippen molar-refractivity contribution in [2.75, 3.05) is 13.1 Å². The van der Waals surface area contributed by atoms with Crippen molar-refractivity contribution in [2.45, 2.75) is 103 Å². The fourth-order valence-corrected chi connectivity index (χ4v) is 5.77. The average molecular weight is 460 g/mol. The number of likely N-dealkylation sites (tertiary alicyclic amines) is 1. The molecule has 178 valence electrons. The van der Waals surface area contributed by atoms with E-state index in [1.807, 2.05) is 0 Å². The van der Waals surface area contributed by atoms with Crippen LogP contribution in [0.25, 0.3) is 11.5 Å². The second-order valence-electron chi connectivity index (χ2n) is 9.81. The molecule has 0 unspecified atom stereocenters. The van der Waals surface area contributed by atoms with Crippen LogP contribution in [-0.4, -0.2) is 34.2 Å². The zero-order valence-corrected chi connectivity index (χ0v) is 20.9. The van der Waals surface area contributed by atoms with Crippen molar-refractivity contribution in [3.05, 3.63) is 35.7 Å². The lowest BCUT2D eigenvalue weighted by molar-refractivity contribution is 0.122. The number of aromatic nitrogens is 2. The Morgan fingerprint density at radius 1 is 0.969 bits per heavy atom. The van der Waals surface area contributed by atoms with Crippen LogP contribution in [0, 0.1) is 5.92 Å². The summed E-state index contributed by atoms with van der Waals surface area (Å²) in [5.41, 5.74) is 2.52. The van der Waals surface area contributed by atoms with Gasteiger partial charge in [0.1, 0.15) is 0 Å². The summed E-state index contributed by atoms with van der Waals surface area (Å²) in [4.78, 5) is 7.39. The molecule has 1 aliphatic heterocycles. The van der Waals surface area contributed by atoms with Crippen molar-refractivity contribution >= 4 is 12.4 Å². The quantitative estimate of drug-likeness (QED) is 0.391. The molecule has 32 heavy (non-hydrogen) atoms. The van der Waals surface area contributed by atoms with Gasteiger partial charge in [0.2, 0.25) is 0 Å². The Bertz CT molecular complexity index is 772. The number of nitrogens with zero attached hydrogens (tertiary/aromatic N) is 3. The maximum atomic E-state index is 5.58. The highest BCUT2D eigenvalue weighted by Gasteiger charge is 2.23. The summed E-state index contributed by atoms with van der Waals surface area (Å²) in [7, 11) is 0. The van der Waals surface area contributed by atoms with Crippen LogP contribution in [0.2, 0.25) is 0 Å². The number of piperidine rings is 1. The van der Waals surface area contributed by atoms with Gasteiger partial charge in [-0.2, -0.15) is 4.98 Å². The monoisotopic (exact) mass is 459 g/mol. The molecule has 1 saturated carbocycles. The number of aryl methyl sites for hydroxylation is 1. The zero-order valence-electron chi connectivity index (χ0n) is 20.1. The molecule has 4 nitrogen and oxygen atoms in total. The average Bonchev–Trinajstić information content (AvgIpc) is 3.30. The summed E-state index contributed by atoms with van der Waals surface area (Å²) in [6.45, 7) is 7.20. The van der Waals surface area contributed by atoms with Gasteiger partial charge in [0, 0.05) is 18.0 Å². The van der Waals surface area contributed by atoms with Crippen LogP contribution in [0.3, 0.4) is 0 Å². The molecule has 0 atom stereocenters. The first-order chi connectivity index (χ1) is 15.3. The summed E-state index contributed by atoms with van der Waals surface area (Å²) < 4.78 is 5.58. The normalized spacial score (nSPS) is 18.7. The van der Waals surface area contributed by atoms with E-state index in [0.717, 1.165) is 42.1 Å². The van der Waals surface area contributed by atoms with Crippen molar-refractivity contribution in [3.63, 3.8) is 0 Å². The summed E-state index contributed by atoms with van der Waals surface area (Å²) in [6, 6.07) is 9.64. The van der Waals surface area contributed by atoms with E-state index in [9.17, 15) is 0 Å². The predicted molar refractivity (Wildman–Crippen MR) is 134 cm³/mol. The van der Waals surface area contributed by atoms with Crippen LogP contribution in [-0.2, 0) is 6.42 Å². The third-order valence-corrected chi connectivity index (χ3v) is 7.82. The number of benzene rings is 1. The van der Waals surface area contributed by atoms with Gasteiger partial charge in [0.25, 0.3) is 5.89 Å². The molecule has 2 fully saturated rings. The first kappa shape index (κ1) is 25.2. The van der Waals surface area contributed by atoms with Crippen molar-refractivity contribution in [1.29, 1.82) is 0 Å². The van der Waals surface area contributed by atoms with Crippen molar-refractivity contribution in [3.8, 4) is 11.5 Å². The van der Waals surface area contributed by atoms with Crippen molar-refractivity contribution < 1.29 is 4.52 Å². The molecule has 1 aliphatic carbocycles. The summed E-state index contributed by atoms with van der Waals surface area (Å²) in [5, 5.41) is 4.25. The fraction of sp³-hybridized carbons (Fsp3) is 0.704. The summed E-state index contributed by atoms with van der Waals surface area (Å²) >= 11 is 0. The number of rotatable bonds is 9. The lowest BCUT2D eigenvalue weighted by Crippen LogP contribution is -2.40. The van der Waals surface area contributed by atoms with E-state index >= 15 is 0 Å². The lowest BCUT2D eigenvalue weighted by Gasteiger charge is -2.37. The van der Waals surface area contributed by atoms with Crippen LogP contribution >= 0.6 is 12.4 Å². The van der Waals surface area contributed by atoms with E-state index in [1.165, 1.54) is 82.9 Å². The van der Waals surface area contributed by atoms with Gasteiger partial charge in [0.15, 0.2) is 5.82 Å². The first-order valence-corrected chi connectivity index (χ1v) is 12.9. The highest BCUT2D eigenvalue weighted by molar-refractivity contribution is 5.85. The van der Waals surface area contributed by atoms with Gasteiger partial charge >= 0.3 is 0 Å². The Morgan fingerprint density at radius 3 is 2.31 bits per heavy atom. The molecule has 0 spiro atoms. The van der Waals surface area contributed by atoms with Crippen molar-refractivity contribution in [2.24, 2.45) is 5.92 Å². The smallest absolute Gasteiger partial charge is 0.257 e. The summed E-state index contributed by atoms with van der Waals surface area (Å²) in [6.07, 6.45) is 15.5. The van der Waals surface area contributed by atoms with Crippen LogP contribution in [0.1, 0.15) is 102 Å². The zero-order chi connectivity index (χ0) is 21.5. The molecule has 0 N–H and O–H groups in total. The molecule has 1 aromatic heterocycles. The van der Waals surface area contributed by atoms with Crippen molar-refractivity contribution in [1.82, 2.24) is 15.0 Å². The molecule has 1 saturated heterocycles.